The van der Waals surface area contributed by atoms with Crippen molar-refractivity contribution in [1.82, 2.24) is 4.98 Å². The zero-order valence-electron chi connectivity index (χ0n) is 6.42. The van der Waals surface area contributed by atoms with Gasteiger partial charge in [0.05, 0.1) is 0 Å². The Labute approximate surface area is 71.7 Å². The van der Waals surface area contributed by atoms with Gasteiger partial charge in [-0.15, -0.1) is 0 Å². The fourth-order valence-electron chi connectivity index (χ4n) is 0.740. The minimum absolute atomic E-state index is 0.540. The van der Waals surface area contributed by atoms with E-state index in [9.17, 15) is 0 Å². The van der Waals surface area contributed by atoms with Crippen LogP contribution in [-0.2, 0) is 0 Å². The molecule has 1 aromatic heterocycles. The summed E-state index contributed by atoms with van der Waals surface area (Å²) in [6, 6.07) is 3.73. The van der Waals surface area contributed by atoms with Gasteiger partial charge in [0.2, 0.25) is 0 Å². The summed E-state index contributed by atoms with van der Waals surface area (Å²) in [4.78, 5) is 3.95. The van der Waals surface area contributed by atoms with Crippen molar-refractivity contribution >= 4 is 17.7 Å². The van der Waals surface area contributed by atoms with Crippen molar-refractivity contribution in [3.8, 4) is 0 Å². The third-order valence-corrected chi connectivity index (χ3v) is 1.52. The molecule has 0 aromatic carbocycles. The van der Waals surface area contributed by atoms with Gasteiger partial charge in [0.25, 0.3) is 0 Å². The van der Waals surface area contributed by atoms with E-state index in [1.54, 1.807) is 12.3 Å². The van der Waals surface area contributed by atoms with Gasteiger partial charge >= 0.3 is 0 Å². The number of halogens is 1. The molecule has 11 heavy (non-hydrogen) atoms. The van der Waals surface area contributed by atoms with Crippen LogP contribution >= 0.6 is 11.6 Å². The maximum absolute atomic E-state index is 5.61. The SMILES string of the molecule is CCC=Cc1ccc(Cl)nc1. The van der Waals surface area contributed by atoms with Crippen molar-refractivity contribution in [2.75, 3.05) is 0 Å². The summed E-state index contributed by atoms with van der Waals surface area (Å²) >= 11 is 5.61. The van der Waals surface area contributed by atoms with Crippen molar-refractivity contribution in [2.45, 2.75) is 13.3 Å². The van der Waals surface area contributed by atoms with Crippen LogP contribution in [0.4, 0.5) is 0 Å². The Kier molecular flexibility index (Phi) is 3.12. The summed E-state index contributed by atoms with van der Waals surface area (Å²) in [6.45, 7) is 2.10. The second kappa shape index (κ2) is 4.14. The molecule has 0 radical (unpaired) electrons. The van der Waals surface area contributed by atoms with Crippen molar-refractivity contribution in [2.24, 2.45) is 0 Å². The molecule has 2 heteroatoms. The van der Waals surface area contributed by atoms with Crippen LogP contribution in [0.1, 0.15) is 18.9 Å². The average Bonchev–Trinajstić information content (AvgIpc) is 2.04. The molecule has 0 unspecified atom stereocenters. The summed E-state index contributed by atoms with van der Waals surface area (Å²) in [6.07, 6.45) is 6.92. The van der Waals surface area contributed by atoms with Crippen molar-refractivity contribution in [3.63, 3.8) is 0 Å². The fraction of sp³-hybridized carbons (Fsp3) is 0.222. The smallest absolute Gasteiger partial charge is 0.129 e. The van der Waals surface area contributed by atoms with Crippen molar-refractivity contribution < 1.29 is 0 Å². The van der Waals surface area contributed by atoms with E-state index in [0.29, 0.717) is 5.15 Å². The predicted octanol–water partition coefficient (Wildman–Crippen LogP) is 3.16. The highest BCUT2D eigenvalue weighted by molar-refractivity contribution is 6.29. The van der Waals surface area contributed by atoms with Crippen molar-refractivity contribution in [1.29, 1.82) is 0 Å². The lowest BCUT2D eigenvalue weighted by molar-refractivity contribution is 1.23. The molecular formula is C9H10ClN. The molecule has 0 aliphatic heterocycles. The molecule has 0 saturated heterocycles. The summed E-state index contributed by atoms with van der Waals surface area (Å²) < 4.78 is 0. The van der Waals surface area contributed by atoms with Crippen LogP contribution in [0.3, 0.4) is 0 Å². The van der Waals surface area contributed by atoms with Gasteiger partial charge in [0.1, 0.15) is 5.15 Å². The van der Waals surface area contributed by atoms with Gasteiger partial charge in [-0.1, -0.05) is 36.7 Å². The number of hydrogen-bond acceptors (Lipinski definition) is 1. The normalized spacial score (nSPS) is 10.7. The van der Waals surface area contributed by atoms with Crippen LogP contribution in [0.2, 0.25) is 5.15 Å². The maximum atomic E-state index is 5.61. The molecule has 0 aliphatic carbocycles. The van der Waals surface area contributed by atoms with E-state index in [-0.39, 0.29) is 0 Å². The Morgan fingerprint density at radius 3 is 2.91 bits per heavy atom. The molecule has 0 N–H and O–H groups in total. The largest absolute Gasteiger partial charge is 0.244 e. The van der Waals surface area contributed by atoms with E-state index >= 15 is 0 Å². The number of hydrogen-bond donors (Lipinski definition) is 0. The Morgan fingerprint density at radius 1 is 1.55 bits per heavy atom. The van der Waals surface area contributed by atoms with Gasteiger partial charge in [-0.25, -0.2) is 4.98 Å². The number of rotatable bonds is 2. The van der Waals surface area contributed by atoms with E-state index in [1.165, 1.54) is 0 Å². The molecule has 0 spiro atoms. The molecule has 1 heterocycles. The quantitative estimate of drug-likeness (QED) is 0.617. The van der Waals surface area contributed by atoms with E-state index in [2.05, 4.69) is 18.0 Å². The Hall–Kier alpha value is -0.820. The Morgan fingerprint density at radius 2 is 2.36 bits per heavy atom. The first-order valence-corrected chi connectivity index (χ1v) is 3.99. The van der Waals surface area contributed by atoms with Gasteiger partial charge < -0.3 is 0 Å². The van der Waals surface area contributed by atoms with Crippen LogP contribution < -0.4 is 0 Å². The summed E-state index contributed by atoms with van der Waals surface area (Å²) in [7, 11) is 0. The first kappa shape index (κ1) is 8.28. The minimum atomic E-state index is 0.540. The van der Waals surface area contributed by atoms with Crippen LogP contribution in [-0.4, -0.2) is 4.98 Å². The number of aromatic nitrogens is 1. The molecule has 0 saturated carbocycles. The zero-order chi connectivity index (χ0) is 8.10. The van der Waals surface area contributed by atoms with E-state index < -0.39 is 0 Å². The number of nitrogens with zero attached hydrogens (tertiary/aromatic N) is 1. The van der Waals surface area contributed by atoms with E-state index in [0.717, 1.165) is 12.0 Å². The third-order valence-electron chi connectivity index (χ3n) is 1.30. The number of pyridine rings is 1. The molecule has 1 aromatic rings. The van der Waals surface area contributed by atoms with Gasteiger partial charge in [-0.2, -0.15) is 0 Å². The molecule has 0 amide bonds. The summed E-state index contributed by atoms with van der Waals surface area (Å²) in [5.74, 6) is 0. The molecule has 0 fully saturated rings. The van der Waals surface area contributed by atoms with Crippen molar-refractivity contribution in [3.05, 3.63) is 35.1 Å². The highest BCUT2D eigenvalue weighted by atomic mass is 35.5. The standard InChI is InChI=1S/C9H10ClN/c1-2-3-4-8-5-6-9(10)11-7-8/h3-7H,2H2,1H3. The predicted molar refractivity (Wildman–Crippen MR) is 48.6 cm³/mol. The second-order valence-electron chi connectivity index (χ2n) is 2.22. The van der Waals surface area contributed by atoms with Gasteiger partial charge in [0.15, 0.2) is 0 Å². The average molecular weight is 168 g/mol. The molecule has 0 bridgehead atoms. The Bertz CT molecular complexity index is 238. The van der Waals surface area contributed by atoms with Crippen LogP contribution in [0.15, 0.2) is 24.4 Å². The lowest BCUT2D eigenvalue weighted by Crippen LogP contribution is -1.75. The van der Waals surface area contributed by atoms with E-state index in [1.807, 2.05) is 12.1 Å². The van der Waals surface area contributed by atoms with Crippen LogP contribution in [0.25, 0.3) is 6.08 Å². The zero-order valence-corrected chi connectivity index (χ0v) is 7.17. The molecule has 58 valence electrons. The maximum Gasteiger partial charge on any atom is 0.129 e. The number of allylic oxidation sites excluding steroid dienone is 1. The summed E-state index contributed by atoms with van der Waals surface area (Å²) in [5.41, 5.74) is 1.09. The van der Waals surface area contributed by atoms with Gasteiger partial charge in [0, 0.05) is 6.20 Å². The first-order chi connectivity index (χ1) is 5.33. The first-order valence-electron chi connectivity index (χ1n) is 3.61. The molecular weight excluding hydrogens is 158 g/mol. The lowest BCUT2D eigenvalue weighted by Gasteiger charge is -1.91. The van der Waals surface area contributed by atoms with Crippen LogP contribution in [0, 0.1) is 0 Å². The van der Waals surface area contributed by atoms with Gasteiger partial charge in [-0.05, 0) is 18.1 Å². The molecule has 0 aliphatic rings. The molecule has 0 atom stereocenters. The molecule has 1 nitrogen and oxygen atoms in total. The minimum Gasteiger partial charge on any atom is -0.244 e. The Balaban J connectivity index is 2.73. The lowest BCUT2D eigenvalue weighted by atomic mass is 10.2. The summed E-state index contributed by atoms with van der Waals surface area (Å²) in [5, 5.41) is 0.540. The topological polar surface area (TPSA) is 12.9 Å². The monoisotopic (exact) mass is 167 g/mol. The fourth-order valence-corrected chi connectivity index (χ4v) is 0.852. The van der Waals surface area contributed by atoms with Gasteiger partial charge in [-0.3, -0.25) is 0 Å². The van der Waals surface area contributed by atoms with E-state index in [4.69, 9.17) is 11.6 Å². The molecule has 1 rings (SSSR count). The van der Waals surface area contributed by atoms with Crippen LogP contribution in [0.5, 0.6) is 0 Å². The third kappa shape index (κ3) is 2.72. The second-order valence-corrected chi connectivity index (χ2v) is 2.61. The highest BCUT2D eigenvalue weighted by Crippen LogP contribution is 2.06. The highest BCUT2D eigenvalue weighted by Gasteiger charge is 1.86.